The zero-order chi connectivity index (χ0) is 50.1. The Morgan fingerprint density at radius 1 is 0.597 bits per heavy atom. The monoisotopic (exact) mass is 991 g/mol. The number of hydrogen-bond acceptors (Lipinski definition) is 9. The van der Waals surface area contributed by atoms with E-state index in [4.69, 9.17) is 26.6 Å². The number of fused-ring (bicyclic) bond motifs is 6. The van der Waals surface area contributed by atoms with Crippen molar-refractivity contribution in [2.24, 2.45) is 0 Å². The molecule has 0 spiro atoms. The Bertz CT molecular complexity index is 3760. The van der Waals surface area contributed by atoms with Crippen LogP contribution < -0.4 is 0 Å². The zero-order valence-electron chi connectivity index (χ0n) is 39.6. The number of carbonyl (C=O) groups excluding carboxylic acids is 3. The van der Waals surface area contributed by atoms with Crippen molar-refractivity contribution in [3.8, 4) is 22.4 Å². The summed E-state index contributed by atoms with van der Waals surface area (Å²) in [6.45, 7) is 10.5. The molecule has 6 aromatic heterocycles. The average Bonchev–Trinajstić information content (AvgIpc) is 4.19. The van der Waals surface area contributed by atoms with Crippen molar-refractivity contribution in [1.82, 2.24) is 64.1 Å². The minimum absolute atomic E-state index is 0.00598. The Labute approximate surface area is 413 Å². The normalized spacial score (nSPS) is 18.0. The molecule has 3 aliphatic heterocycles. The first-order chi connectivity index (χ1) is 34.5. The molecule has 9 aromatic rings. The van der Waals surface area contributed by atoms with Gasteiger partial charge in [0.15, 0.2) is 17.5 Å². The third-order valence-electron chi connectivity index (χ3n) is 14.7. The number of carbonyl (C=O) groups is 3. The maximum absolute atomic E-state index is 14.4. The van der Waals surface area contributed by atoms with Gasteiger partial charge < -0.3 is 34.2 Å². The number of aromatic nitrogens is 10. The number of aromatic amines is 3. The predicted octanol–water partition coefficient (Wildman–Crippen LogP) is 9.66. The van der Waals surface area contributed by atoms with Crippen LogP contribution in [0.2, 0.25) is 5.02 Å². The fourth-order valence-corrected chi connectivity index (χ4v) is 11.1. The van der Waals surface area contributed by atoms with E-state index in [1.165, 1.54) is 4.90 Å². The summed E-state index contributed by atoms with van der Waals surface area (Å²) in [5.74, 6) is -1.31. The number of aryl methyl sites for hydroxylation is 2. The molecule has 0 fully saturated rings. The zero-order valence-corrected chi connectivity index (χ0v) is 40.4. The van der Waals surface area contributed by atoms with Crippen molar-refractivity contribution in [1.29, 1.82) is 0 Å². The van der Waals surface area contributed by atoms with Gasteiger partial charge in [-0.2, -0.15) is 13.2 Å². The first-order valence-corrected chi connectivity index (χ1v) is 24.1. The topological polar surface area (TPSA) is 191 Å². The van der Waals surface area contributed by atoms with Gasteiger partial charge in [0.1, 0.15) is 5.52 Å². The van der Waals surface area contributed by atoms with Crippen LogP contribution in [-0.4, -0.2) is 101 Å². The molecule has 20 heteroatoms. The first kappa shape index (κ1) is 45.2. The van der Waals surface area contributed by atoms with E-state index in [0.29, 0.717) is 59.4 Å². The Morgan fingerprint density at radius 2 is 1.21 bits per heavy atom. The molecule has 16 nitrogen and oxygen atoms in total. The number of nitrogens with zero attached hydrogens (tertiary/aromatic N) is 10. The SMILES string of the molecule is Cc1cccc2[nH]c(C(=O)N3CCc4nc(-c5cc(C)c6nc(C(=O)N7CCc8ncc(-c9cc(Cl)c%10nc(C(=O)N%11CCn%12c(cnc%12C(F)(F)F)C%11C)[nH]c%10c9)cc8[C@@H]7C)[nH]c6c5)ccc4[C@H]3C)nc12. The molecule has 364 valence electrons. The van der Waals surface area contributed by atoms with Crippen molar-refractivity contribution in [2.75, 3.05) is 19.6 Å². The molecule has 0 radical (unpaired) electrons. The molecular formula is C52H45ClF3N13O3. The van der Waals surface area contributed by atoms with Gasteiger partial charge >= 0.3 is 6.18 Å². The van der Waals surface area contributed by atoms with Crippen LogP contribution in [0.1, 0.15) is 116 Å². The molecular weight excluding hydrogens is 947 g/mol. The molecule has 0 saturated heterocycles. The van der Waals surface area contributed by atoms with Crippen LogP contribution in [0.4, 0.5) is 13.2 Å². The van der Waals surface area contributed by atoms with Gasteiger partial charge in [-0.25, -0.2) is 19.9 Å². The summed E-state index contributed by atoms with van der Waals surface area (Å²) in [4.78, 5) is 84.1. The molecule has 0 bridgehead atoms. The summed E-state index contributed by atoms with van der Waals surface area (Å²) in [5.41, 5.74) is 12.8. The highest BCUT2D eigenvalue weighted by Gasteiger charge is 2.41. The number of halogens is 4. The molecule has 3 aliphatic rings. The first-order valence-electron chi connectivity index (χ1n) is 23.7. The Kier molecular flexibility index (Phi) is 10.4. The summed E-state index contributed by atoms with van der Waals surface area (Å²) in [5, 5.41) is 0.287. The van der Waals surface area contributed by atoms with Crippen LogP contribution in [0.25, 0.3) is 55.5 Å². The lowest BCUT2D eigenvalue weighted by atomic mass is 9.94. The fourth-order valence-electron chi connectivity index (χ4n) is 10.8. The number of amides is 3. The van der Waals surface area contributed by atoms with Crippen molar-refractivity contribution >= 4 is 62.4 Å². The highest BCUT2D eigenvalue weighted by atomic mass is 35.5. The molecule has 0 aliphatic carbocycles. The van der Waals surface area contributed by atoms with Gasteiger partial charge in [0.25, 0.3) is 17.7 Å². The van der Waals surface area contributed by atoms with Gasteiger partial charge in [-0.05, 0) is 105 Å². The number of imidazole rings is 4. The number of pyridine rings is 2. The van der Waals surface area contributed by atoms with Crippen molar-refractivity contribution in [3.63, 3.8) is 0 Å². The summed E-state index contributed by atoms with van der Waals surface area (Å²) >= 11 is 6.80. The lowest BCUT2D eigenvalue weighted by Crippen LogP contribution is -2.42. The smallest absolute Gasteiger partial charge is 0.334 e. The Hall–Kier alpha value is -7.93. The molecule has 3 amide bonds. The summed E-state index contributed by atoms with van der Waals surface area (Å²) < 4.78 is 41.8. The highest BCUT2D eigenvalue weighted by molar-refractivity contribution is 6.35. The second-order valence-electron chi connectivity index (χ2n) is 18.9. The molecule has 0 saturated carbocycles. The molecule has 12 rings (SSSR count). The predicted molar refractivity (Wildman–Crippen MR) is 262 cm³/mol. The number of H-pyrrole nitrogens is 3. The van der Waals surface area contributed by atoms with E-state index >= 15 is 0 Å². The standard InChI is InChI=1S/C52H45ClF3N13O3/c1-24-7-6-8-38-42(24)63-45(60-38)48(70)66-14-12-37-32(26(66)3)9-10-35(59-37)30-17-25(2)43-39(21-30)61-46(64-43)49(71)67-13-11-36-33(27(67)4)18-31(22-57-36)29-19-34(53)44-40(20-29)62-47(65-44)50(72)68-15-16-69-41(28(68)5)23-58-51(69)52(54,55)56/h6-10,17-23,26-28H,11-16H2,1-5H3,(H,60,63)(H,61,64)(H,62,65)/t26-,27+,28?/m1/s1. The number of alkyl halides is 3. The van der Waals surface area contributed by atoms with Crippen LogP contribution in [0, 0.1) is 13.8 Å². The van der Waals surface area contributed by atoms with Crippen molar-refractivity contribution in [2.45, 2.75) is 78.3 Å². The maximum Gasteiger partial charge on any atom is 0.449 e. The quantitative estimate of drug-likeness (QED) is 0.151. The second kappa shape index (κ2) is 16.6. The van der Waals surface area contributed by atoms with E-state index in [9.17, 15) is 27.6 Å². The van der Waals surface area contributed by atoms with E-state index < -0.39 is 23.9 Å². The average molecular weight is 992 g/mol. The van der Waals surface area contributed by atoms with Crippen LogP contribution >= 0.6 is 11.6 Å². The van der Waals surface area contributed by atoms with Gasteiger partial charge in [0.2, 0.25) is 5.82 Å². The van der Waals surface area contributed by atoms with Crippen LogP contribution in [0.5, 0.6) is 0 Å². The van der Waals surface area contributed by atoms with Crippen molar-refractivity contribution in [3.05, 3.63) is 141 Å². The molecule has 3 N–H and O–H groups in total. The lowest BCUT2D eigenvalue weighted by Gasteiger charge is -2.34. The number of rotatable bonds is 5. The van der Waals surface area contributed by atoms with Crippen LogP contribution in [0.3, 0.4) is 0 Å². The largest absolute Gasteiger partial charge is 0.449 e. The maximum atomic E-state index is 14.4. The van der Waals surface area contributed by atoms with Crippen molar-refractivity contribution < 1.29 is 27.6 Å². The highest BCUT2D eigenvalue weighted by Crippen LogP contribution is 2.39. The third-order valence-corrected chi connectivity index (χ3v) is 15.0. The van der Waals surface area contributed by atoms with E-state index in [1.807, 2.05) is 87.2 Å². The summed E-state index contributed by atoms with van der Waals surface area (Å²) in [7, 11) is 0. The summed E-state index contributed by atoms with van der Waals surface area (Å²) in [6, 6.07) is 18.2. The molecule has 3 aromatic carbocycles. The second-order valence-corrected chi connectivity index (χ2v) is 19.4. The summed E-state index contributed by atoms with van der Waals surface area (Å²) in [6.07, 6.45) is -0.574. The van der Waals surface area contributed by atoms with E-state index in [-0.39, 0.29) is 59.4 Å². The van der Waals surface area contributed by atoms with E-state index in [1.54, 1.807) is 24.1 Å². The van der Waals surface area contributed by atoms with Gasteiger partial charge in [-0.3, -0.25) is 24.4 Å². The number of benzene rings is 3. The van der Waals surface area contributed by atoms with Crippen LogP contribution in [-0.2, 0) is 25.6 Å². The van der Waals surface area contributed by atoms with Gasteiger partial charge in [0, 0.05) is 67.7 Å². The minimum atomic E-state index is -4.61. The molecule has 1 unspecified atom stereocenters. The Balaban J connectivity index is 0.759. The number of para-hydroxylation sites is 1. The van der Waals surface area contributed by atoms with Crippen LogP contribution in [0.15, 0.2) is 73.1 Å². The molecule has 72 heavy (non-hydrogen) atoms. The molecule has 3 atom stereocenters. The molecule has 9 heterocycles. The van der Waals surface area contributed by atoms with Gasteiger partial charge in [-0.1, -0.05) is 29.8 Å². The lowest BCUT2D eigenvalue weighted by molar-refractivity contribution is -0.147. The van der Waals surface area contributed by atoms with E-state index in [2.05, 4.69) is 29.9 Å². The Morgan fingerprint density at radius 3 is 1.90 bits per heavy atom. The fraction of sp³-hybridized carbons (Fsp3) is 0.288. The third kappa shape index (κ3) is 7.30. The minimum Gasteiger partial charge on any atom is -0.334 e. The van der Waals surface area contributed by atoms with Gasteiger partial charge in [0.05, 0.1) is 68.3 Å². The number of hydrogen-bond donors (Lipinski definition) is 3. The van der Waals surface area contributed by atoms with Gasteiger partial charge in [-0.15, -0.1) is 0 Å². The van der Waals surface area contributed by atoms with E-state index in [0.717, 1.165) is 72.3 Å². The number of nitrogens with one attached hydrogen (secondary N) is 3.